The third kappa shape index (κ3) is 3.80. The second-order valence-corrected chi connectivity index (χ2v) is 5.72. The predicted octanol–water partition coefficient (Wildman–Crippen LogP) is 3.32. The molecule has 0 amide bonds. The summed E-state index contributed by atoms with van der Waals surface area (Å²) in [7, 11) is 0. The Kier molecular flexibility index (Phi) is 4.60. The fraction of sp³-hybridized carbons (Fsp3) is 0.571. The van der Waals surface area contributed by atoms with Crippen LogP contribution in [0.2, 0.25) is 0 Å². The number of benzene rings is 1. The highest BCUT2D eigenvalue weighted by Crippen LogP contribution is 2.27. The van der Waals surface area contributed by atoms with Gasteiger partial charge in [-0.2, -0.15) is 0 Å². The maximum atomic E-state index is 6.23. The molecule has 1 aliphatic rings. The van der Waals surface area contributed by atoms with Crippen molar-refractivity contribution in [2.45, 2.75) is 38.3 Å². The van der Waals surface area contributed by atoms with Crippen LogP contribution in [0.3, 0.4) is 0 Å². The molecule has 94 valence electrons. The number of nitrogens with two attached hydrogens (primary N) is 1. The molecule has 2 N–H and O–H groups in total. The van der Waals surface area contributed by atoms with E-state index in [0.29, 0.717) is 0 Å². The summed E-state index contributed by atoms with van der Waals surface area (Å²) >= 11 is 3.45. The first-order chi connectivity index (χ1) is 8.20. The topological polar surface area (TPSA) is 29.3 Å². The monoisotopic (exact) mass is 296 g/mol. The van der Waals surface area contributed by atoms with Crippen molar-refractivity contribution >= 4 is 15.9 Å². The standard InChI is InChI=1S/C14H21BrN2/c1-2-17(13-7-8-13)10-9-14(16)11-3-5-12(15)6-4-11/h3-6,13-14H,2,7-10,16H2,1H3. The molecule has 0 aliphatic heterocycles. The lowest BCUT2D eigenvalue weighted by Crippen LogP contribution is -2.29. The van der Waals surface area contributed by atoms with E-state index in [9.17, 15) is 0 Å². The Morgan fingerprint density at radius 1 is 1.35 bits per heavy atom. The van der Waals surface area contributed by atoms with Crippen LogP contribution in [0, 0.1) is 0 Å². The van der Waals surface area contributed by atoms with Crippen molar-refractivity contribution in [2.24, 2.45) is 5.73 Å². The Morgan fingerprint density at radius 3 is 2.53 bits per heavy atom. The Morgan fingerprint density at radius 2 is 2.00 bits per heavy atom. The van der Waals surface area contributed by atoms with Gasteiger partial charge in [0.05, 0.1) is 0 Å². The molecule has 1 aromatic carbocycles. The van der Waals surface area contributed by atoms with Crippen molar-refractivity contribution in [1.29, 1.82) is 0 Å². The van der Waals surface area contributed by atoms with Crippen molar-refractivity contribution in [2.75, 3.05) is 13.1 Å². The summed E-state index contributed by atoms with van der Waals surface area (Å²) in [5.41, 5.74) is 7.46. The zero-order valence-corrected chi connectivity index (χ0v) is 12.0. The largest absolute Gasteiger partial charge is 0.324 e. The van der Waals surface area contributed by atoms with E-state index >= 15 is 0 Å². The van der Waals surface area contributed by atoms with Gasteiger partial charge in [0.1, 0.15) is 0 Å². The van der Waals surface area contributed by atoms with Crippen molar-refractivity contribution in [1.82, 2.24) is 4.90 Å². The highest BCUT2D eigenvalue weighted by Gasteiger charge is 2.27. The van der Waals surface area contributed by atoms with Gasteiger partial charge in [-0.15, -0.1) is 0 Å². The predicted molar refractivity (Wildman–Crippen MR) is 76.0 cm³/mol. The number of rotatable bonds is 6. The lowest BCUT2D eigenvalue weighted by Gasteiger charge is -2.22. The Hall–Kier alpha value is -0.380. The van der Waals surface area contributed by atoms with E-state index in [2.05, 4.69) is 52.0 Å². The van der Waals surface area contributed by atoms with Crippen molar-refractivity contribution in [3.8, 4) is 0 Å². The van der Waals surface area contributed by atoms with Gasteiger partial charge in [0.25, 0.3) is 0 Å². The van der Waals surface area contributed by atoms with Crippen LogP contribution in [0.25, 0.3) is 0 Å². The van der Waals surface area contributed by atoms with Gasteiger partial charge in [-0.1, -0.05) is 35.0 Å². The summed E-state index contributed by atoms with van der Waals surface area (Å²) < 4.78 is 1.11. The molecule has 0 spiro atoms. The molecule has 1 atom stereocenters. The van der Waals surface area contributed by atoms with Gasteiger partial charge in [-0.25, -0.2) is 0 Å². The third-order valence-corrected chi connectivity index (χ3v) is 4.02. The molecule has 0 saturated heterocycles. The molecule has 17 heavy (non-hydrogen) atoms. The highest BCUT2D eigenvalue weighted by atomic mass is 79.9. The molecule has 2 rings (SSSR count). The van der Waals surface area contributed by atoms with Crippen LogP contribution in [0.4, 0.5) is 0 Å². The molecule has 1 aliphatic carbocycles. The van der Waals surface area contributed by atoms with E-state index in [1.165, 1.54) is 18.4 Å². The van der Waals surface area contributed by atoms with Crippen molar-refractivity contribution in [3.63, 3.8) is 0 Å². The third-order valence-electron chi connectivity index (χ3n) is 3.49. The minimum Gasteiger partial charge on any atom is -0.324 e. The van der Waals surface area contributed by atoms with E-state index in [4.69, 9.17) is 5.73 Å². The first-order valence-corrected chi connectivity index (χ1v) is 7.25. The average molecular weight is 297 g/mol. The van der Waals surface area contributed by atoms with Gasteiger partial charge in [0.2, 0.25) is 0 Å². The summed E-state index contributed by atoms with van der Waals surface area (Å²) in [4.78, 5) is 2.55. The van der Waals surface area contributed by atoms with Gasteiger partial charge >= 0.3 is 0 Å². The van der Waals surface area contributed by atoms with Gasteiger partial charge < -0.3 is 10.6 Å². The molecule has 1 unspecified atom stereocenters. The Labute approximate surface area is 112 Å². The first kappa shape index (κ1) is 13.1. The molecule has 3 heteroatoms. The summed E-state index contributed by atoms with van der Waals surface area (Å²) in [5.74, 6) is 0. The summed E-state index contributed by atoms with van der Waals surface area (Å²) in [6, 6.07) is 9.36. The average Bonchev–Trinajstić information content (AvgIpc) is 3.15. The van der Waals surface area contributed by atoms with Crippen molar-refractivity contribution in [3.05, 3.63) is 34.3 Å². The highest BCUT2D eigenvalue weighted by molar-refractivity contribution is 9.10. The van der Waals surface area contributed by atoms with Gasteiger partial charge in [-0.3, -0.25) is 0 Å². The number of hydrogen-bond donors (Lipinski definition) is 1. The summed E-state index contributed by atoms with van der Waals surface area (Å²) in [5, 5.41) is 0. The molecular formula is C14H21BrN2. The van der Waals surface area contributed by atoms with Crippen LogP contribution < -0.4 is 5.73 Å². The number of halogens is 1. The molecule has 0 radical (unpaired) electrons. The molecule has 2 nitrogen and oxygen atoms in total. The van der Waals surface area contributed by atoms with Gasteiger partial charge in [-0.05, 0) is 43.5 Å². The van der Waals surface area contributed by atoms with Crippen molar-refractivity contribution < 1.29 is 0 Å². The second-order valence-electron chi connectivity index (χ2n) is 4.81. The number of hydrogen-bond acceptors (Lipinski definition) is 2. The minimum absolute atomic E-state index is 0.163. The fourth-order valence-electron chi connectivity index (χ4n) is 2.22. The van der Waals surface area contributed by atoms with Crippen LogP contribution in [-0.2, 0) is 0 Å². The summed E-state index contributed by atoms with van der Waals surface area (Å²) in [6.07, 6.45) is 3.80. The fourth-order valence-corrected chi connectivity index (χ4v) is 2.48. The molecular weight excluding hydrogens is 276 g/mol. The van der Waals surface area contributed by atoms with Crippen LogP contribution in [0.15, 0.2) is 28.7 Å². The normalized spacial score (nSPS) is 17.4. The first-order valence-electron chi connectivity index (χ1n) is 6.45. The molecule has 1 aromatic rings. The quantitative estimate of drug-likeness (QED) is 0.872. The second kappa shape index (κ2) is 5.98. The Bertz CT molecular complexity index is 346. The van der Waals surface area contributed by atoms with E-state index in [0.717, 1.165) is 30.0 Å². The van der Waals surface area contributed by atoms with Crippen LogP contribution >= 0.6 is 15.9 Å². The van der Waals surface area contributed by atoms with E-state index in [1.807, 2.05) is 0 Å². The molecule has 0 bridgehead atoms. The molecule has 1 saturated carbocycles. The Balaban J connectivity index is 1.83. The van der Waals surface area contributed by atoms with E-state index in [-0.39, 0.29) is 6.04 Å². The SMILES string of the molecule is CCN(CCC(N)c1ccc(Br)cc1)C1CC1. The molecule has 0 heterocycles. The smallest absolute Gasteiger partial charge is 0.0307 e. The zero-order chi connectivity index (χ0) is 12.3. The number of nitrogens with zero attached hydrogens (tertiary/aromatic N) is 1. The zero-order valence-electron chi connectivity index (χ0n) is 10.4. The van der Waals surface area contributed by atoms with Gasteiger partial charge in [0.15, 0.2) is 0 Å². The lowest BCUT2D eigenvalue weighted by molar-refractivity contribution is 0.266. The lowest BCUT2D eigenvalue weighted by atomic mass is 10.0. The maximum Gasteiger partial charge on any atom is 0.0307 e. The molecule has 0 aromatic heterocycles. The van der Waals surface area contributed by atoms with Crippen LogP contribution in [0.5, 0.6) is 0 Å². The maximum absolute atomic E-state index is 6.23. The minimum atomic E-state index is 0.163. The van der Waals surface area contributed by atoms with E-state index < -0.39 is 0 Å². The van der Waals surface area contributed by atoms with E-state index in [1.54, 1.807) is 0 Å². The van der Waals surface area contributed by atoms with Gasteiger partial charge in [0, 0.05) is 23.1 Å². The van der Waals surface area contributed by atoms with Crippen LogP contribution in [-0.4, -0.2) is 24.0 Å². The summed E-state index contributed by atoms with van der Waals surface area (Å²) in [6.45, 7) is 4.51. The molecule has 1 fully saturated rings. The van der Waals surface area contributed by atoms with Crippen LogP contribution in [0.1, 0.15) is 37.8 Å².